The molecule has 1 atom stereocenters. The van der Waals surface area contributed by atoms with Crippen LogP contribution in [-0.2, 0) is 20.6 Å². The Morgan fingerprint density at radius 3 is 2.23 bits per heavy atom. The van der Waals surface area contributed by atoms with Crippen molar-refractivity contribution in [1.29, 1.82) is 0 Å². The Morgan fingerprint density at radius 2 is 1.59 bits per heavy atom. The largest absolute Gasteiger partial charge is 0.449 e. The van der Waals surface area contributed by atoms with Crippen molar-refractivity contribution in [2.24, 2.45) is 0 Å². The minimum Gasteiger partial charge on any atom is -0.449 e. The van der Waals surface area contributed by atoms with Gasteiger partial charge in [0.25, 0.3) is 0 Å². The highest BCUT2D eigenvalue weighted by atomic mass is 16.7. The van der Waals surface area contributed by atoms with Gasteiger partial charge in [0.2, 0.25) is 0 Å². The average molecular weight is 528 g/mol. The van der Waals surface area contributed by atoms with E-state index in [0.29, 0.717) is 26.2 Å². The Kier molecular flexibility index (Phi) is 11.2. The van der Waals surface area contributed by atoms with E-state index in [1.54, 1.807) is 4.90 Å². The second-order valence-electron chi connectivity index (χ2n) is 9.78. The van der Waals surface area contributed by atoms with Crippen molar-refractivity contribution in [2.45, 2.75) is 58.7 Å². The number of carbonyl (C=O) groups is 1. The number of rotatable bonds is 12. The van der Waals surface area contributed by atoms with E-state index in [0.717, 1.165) is 50.0 Å². The first kappa shape index (κ1) is 28.6. The van der Waals surface area contributed by atoms with Gasteiger partial charge in [0.15, 0.2) is 6.29 Å². The van der Waals surface area contributed by atoms with Gasteiger partial charge in [0.05, 0.1) is 13.2 Å². The molecule has 1 fully saturated rings. The summed E-state index contributed by atoms with van der Waals surface area (Å²) in [6, 6.07) is 29.5. The molecule has 1 unspecified atom stereocenters. The monoisotopic (exact) mass is 527 g/mol. The van der Waals surface area contributed by atoms with Gasteiger partial charge >= 0.3 is 6.09 Å². The maximum atomic E-state index is 12.9. The fourth-order valence-corrected chi connectivity index (χ4v) is 5.03. The van der Waals surface area contributed by atoms with Gasteiger partial charge in [-0.15, -0.1) is 0 Å². The normalized spacial score (nSPS) is 15.9. The van der Waals surface area contributed by atoms with Crippen LogP contribution in [0.1, 0.15) is 62.6 Å². The molecule has 1 amide bonds. The van der Waals surface area contributed by atoms with Crippen molar-refractivity contribution in [1.82, 2.24) is 0 Å². The average Bonchev–Trinajstić information content (AvgIpc) is 2.99. The van der Waals surface area contributed by atoms with Gasteiger partial charge in [0, 0.05) is 18.8 Å². The molecule has 1 aliphatic heterocycles. The summed E-state index contributed by atoms with van der Waals surface area (Å²) in [5, 5.41) is 0. The first-order chi connectivity index (χ1) is 19.2. The third-order valence-electron chi connectivity index (χ3n) is 7.03. The quantitative estimate of drug-likeness (QED) is 0.224. The van der Waals surface area contributed by atoms with E-state index in [4.69, 9.17) is 14.2 Å². The Bertz CT molecular complexity index is 1170. The zero-order valence-electron chi connectivity index (χ0n) is 23.3. The second-order valence-corrected chi connectivity index (χ2v) is 9.78. The lowest BCUT2D eigenvalue weighted by molar-refractivity contribution is -0.162. The maximum absolute atomic E-state index is 12.9. The molecule has 5 heteroatoms. The predicted octanol–water partition coefficient (Wildman–Crippen LogP) is 8.04. The van der Waals surface area contributed by atoms with Crippen LogP contribution in [0.3, 0.4) is 0 Å². The van der Waals surface area contributed by atoms with Gasteiger partial charge in [-0.3, -0.25) is 4.90 Å². The molecule has 1 aliphatic rings. The van der Waals surface area contributed by atoms with Crippen molar-refractivity contribution in [3.63, 3.8) is 0 Å². The molecule has 0 spiro atoms. The molecule has 0 aromatic heterocycles. The van der Waals surface area contributed by atoms with Gasteiger partial charge in [0.1, 0.15) is 0 Å². The van der Waals surface area contributed by atoms with Crippen molar-refractivity contribution in [2.75, 3.05) is 31.3 Å². The third kappa shape index (κ3) is 8.29. The molecule has 1 heterocycles. The number of ether oxygens (including phenoxy) is 3. The Hall–Kier alpha value is -3.41. The number of hydrogen-bond acceptors (Lipinski definition) is 4. The fourth-order valence-electron chi connectivity index (χ4n) is 5.03. The molecule has 0 N–H and O–H groups in total. The van der Waals surface area contributed by atoms with E-state index in [9.17, 15) is 4.79 Å². The Morgan fingerprint density at radius 1 is 0.897 bits per heavy atom. The molecule has 4 rings (SSSR count). The third-order valence-corrected chi connectivity index (χ3v) is 7.03. The molecular formula is C34H41NO4. The number of allylic oxidation sites excluding steroid dienone is 1. The van der Waals surface area contributed by atoms with E-state index in [1.165, 1.54) is 22.3 Å². The van der Waals surface area contributed by atoms with Crippen LogP contribution in [0.15, 0.2) is 90.5 Å². The number of amides is 1. The Balaban J connectivity index is 1.55. The standard InChI is InChI=1S/C34H41NO4/c1-3-28(26-27-14-7-5-8-15-27)33(29-16-9-6-10-17-29)30-19-21-31(22-20-30)35(34(36)37-4-2)23-13-25-39-32-18-11-12-24-38-32/h5-10,14-17,19-22,32H,3-4,11-13,18,23-26H2,1-2H3. The number of anilines is 1. The number of hydrogen-bond donors (Lipinski definition) is 0. The first-order valence-corrected chi connectivity index (χ1v) is 14.3. The SMILES string of the molecule is CCOC(=O)N(CCCOC1CCCCO1)c1ccc(C(=C(CC)Cc2ccccc2)c2ccccc2)cc1. The highest BCUT2D eigenvalue weighted by Crippen LogP contribution is 2.32. The predicted molar refractivity (Wildman–Crippen MR) is 158 cm³/mol. The maximum Gasteiger partial charge on any atom is 0.414 e. The topological polar surface area (TPSA) is 48.0 Å². The summed E-state index contributed by atoms with van der Waals surface area (Å²) in [6.45, 7) is 6.20. The molecule has 206 valence electrons. The fraction of sp³-hybridized carbons (Fsp3) is 0.382. The second kappa shape index (κ2) is 15.2. The molecule has 1 saturated heterocycles. The van der Waals surface area contributed by atoms with Crippen molar-refractivity contribution in [3.05, 3.63) is 107 Å². The molecule has 0 bridgehead atoms. The van der Waals surface area contributed by atoms with Crippen LogP contribution in [0.4, 0.5) is 10.5 Å². The zero-order chi connectivity index (χ0) is 27.3. The minimum atomic E-state index is -0.337. The zero-order valence-corrected chi connectivity index (χ0v) is 23.3. The van der Waals surface area contributed by atoms with E-state index < -0.39 is 0 Å². The summed E-state index contributed by atoms with van der Waals surface area (Å²) in [6.07, 6.45) is 5.24. The van der Waals surface area contributed by atoms with E-state index in [-0.39, 0.29) is 12.4 Å². The summed E-state index contributed by atoms with van der Waals surface area (Å²) in [5.74, 6) is 0. The van der Waals surface area contributed by atoms with Crippen LogP contribution < -0.4 is 4.90 Å². The van der Waals surface area contributed by atoms with Gasteiger partial charge in [-0.1, -0.05) is 85.3 Å². The molecule has 3 aromatic rings. The summed E-state index contributed by atoms with van der Waals surface area (Å²) in [5.41, 5.74) is 7.08. The minimum absolute atomic E-state index is 0.124. The molecule has 0 saturated carbocycles. The van der Waals surface area contributed by atoms with E-state index >= 15 is 0 Å². The van der Waals surface area contributed by atoms with Crippen LogP contribution in [0.5, 0.6) is 0 Å². The van der Waals surface area contributed by atoms with Crippen LogP contribution >= 0.6 is 0 Å². The molecule has 3 aromatic carbocycles. The lowest BCUT2D eigenvalue weighted by atomic mass is 9.88. The highest BCUT2D eigenvalue weighted by Gasteiger charge is 2.19. The van der Waals surface area contributed by atoms with Crippen LogP contribution in [0.2, 0.25) is 0 Å². The van der Waals surface area contributed by atoms with Gasteiger partial charge in [-0.05, 0) is 79.8 Å². The number of benzene rings is 3. The van der Waals surface area contributed by atoms with Gasteiger partial charge in [-0.25, -0.2) is 4.79 Å². The molecule has 0 radical (unpaired) electrons. The molecule has 39 heavy (non-hydrogen) atoms. The van der Waals surface area contributed by atoms with E-state index in [1.807, 2.05) is 25.1 Å². The van der Waals surface area contributed by atoms with Gasteiger partial charge in [-0.2, -0.15) is 0 Å². The Labute approximate surface area is 233 Å². The van der Waals surface area contributed by atoms with Crippen LogP contribution in [0.25, 0.3) is 5.57 Å². The molecule has 0 aliphatic carbocycles. The van der Waals surface area contributed by atoms with Crippen molar-refractivity contribution in [3.8, 4) is 0 Å². The number of nitrogens with zero attached hydrogens (tertiary/aromatic N) is 1. The highest BCUT2D eigenvalue weighted by molar-refractivity contribution is 5.89. The smallest absolute Gasteiger partial charge is 0.414 e. The first-order valence-electron chi connectivity index (χ1n) is 14.3. The number of carbonyl (C=O) groups excluding carboxylic acids is 1. The lowest BCUT2D eigenvalue weighted by Crippen LogP contribution is -2.33. The van der Waals surface area contributed by atoms with Crippen molar-refractivity contribution >= 4 is 17.4 Å². The van der Waals surface area contributed by atoms with E-state index in [2.05, 4.69) is 73.7 Å². The molecular weight excluding hydrogens is 486 g/mol. The summed E-state index contributed by atoms with van der Waals surface area (Å²) in [7, 11) is 0. The van der Waals surface area contributed by atoms with Crippen molar-refractivity contribution < 1.29 is 19.0 Å². The lowest BCUT2D eigenvalue weighted by Gasteiger charge is -2.25. The molecule has 5 nitrogen and oxygen atoms in total. The summed E-state index contributed by atoms with van der Waals surface area (Å²) >= 11 is 0. The summed E-state index contributed by atoms with van der Waals surface area (Å²) in [4.78, 5) is 14.6. The van der Waals surface area contributed by atoms with Gasteiger partial charge < -0.3 is 14.2 Å². The van der Waals surface area contributed by atoms with Crippen LogP contribution in [0, 0.1) is 0 Å². The van der Waals surface area contributed by atoms with Crippen LogP contribution in [-0.4, -0.2) is 38.7 Å². The summed E-state index contributed by atoms with van der Waals surface area (Å²) < 4.78 is 16.9.